The molecule has 0 radical (unpaired) electrons. The van der Waals surface area contributed by atoms with Crippen molar-refractivity contribution < 1.29 is 19.2 Å². The predicted octanol–water partition coefficient (Wildman–Crippen LogP) is 3.33. The fourth-order valence-electron chi connectivity index (χ4n) is 3.43. The molecule has 196 valence electrons. The second kappa shape index (κ2) is 15.2. The summed E-state index contributed by atoms with van der Waals surface area (Å²) < 4.78 is 2.85. The van der Waals surface area contributed by atoms with E-state index in [0.717, 1.165) is 11.1 Å². The minimum atomic E-state index is -2.36. The van der Waals surface area contributed by atoms with Crippen LogP contribution in [0.3, 0.4) is 0 Å². The minimum Gasteiger partial charge on any atom is -0.354 e. The molecule has 10 heteroatoms. The fraction of sp³-hybridized carbons (Fsp3) is 0.385. The summed E-state index contributed by atoms with van der Waals surface area (Å²) in [7, 11) is -1.14. The van der Waals surface area contributed by atoms with Crippen LogP contribution in [0.1, 0.15) is 31.9 Å². The summed E-state index contributed by atoms with van der Waals surface area (Å²) in [5, 5.41) is 8.24. The summed E-state index contributed by atoms with van der Waals surface area (Å²) in [6.45, 7) is 5.39. The molecule has 0 aliphatic heterocycles. The lowest BCUT2D eigenvalue weighted by atomic mass is 10.1. The average Bonchev–Trinajstić information content (AvgIpc) is 2.86. The summed E-state index contributed by atoms with van der Waals surface area (Å²) in [6.07, 6.45) is 1.32. The number of benzene rings is 2. The van der Waals surface area contributed by atoms with Crippen LogP contribution >= 0.6 is 20.0 Å². The highest BCUT2D eigenvalue weighted by Crippen LogP contribution is 2.56. The molecule has 0 aliphatic rings. The number of hydrogen-bond acceptors (Lipinski definition) is 5. The van der Waals surface area contributed by atoms with Gasteiger partial charge in [0.25, 0.3) is 5.24 Å². The van der Waals surface area contributed by atoms with E-state index in [2.05, 4.69) is 20.7 Å². The SMILES string of the molecule is CCS(NC(C)=O)(SCC(NC(C)=O)C(=O)NCCc1ccccc1)C(=O)NCCc1ccccc1. The zero-order valence-corrected chi connectivity index (χ0v) is 22.7. The molecule has 2 atom stereocenters. The molecule has 4 amide bonds. The van der Waals surface area contributed by atoms with Crippen LogP contribution < -0.4 is 20.7 Å². The van der Waals surface area contributed by atoms with Gasteiger partial charge in [-0.3, -0.25) is 19.2 Å². The Bertz CT molecular complexity index is 1010. The third kappa shape index (κ3) is 9.94. The zero-order chi connectivity index (χ0) is 26.4. The van der Waals surface area contributed by atoms with Gasteiger partial charge in [-0.15, -0.1) is 0 Å². The van der Waals surface area contributed by atoms with E-state index in [1.807, 2.05) is 67.6 Å². The molecule has 4 N–H and O–H groups in total. The number of carbonyl (C=O) groups is 4. The predicted molar refractivity (Wildman–Crippen MR) is 149 cm³/mol. The molecule has 36 heavy (non-hydrogen) atoms. The lowest BCUT2D eigenvalue weighted by Crippen LogP contribution is -2.48. The van der Waals surface area contributed by atoms with E-state index in [0.29, 0.717) is 31.7 Å². The van der Waals surface area contributed by atoms with E-state index < -0.39 is 15.3 Å². The van der Waals surface area contributed by atoms with E-state index in [1.165, 1.54) is 24.6 Å². The van der Waals surface area contributed by atoms with E-state index in [-0.39, 0.29) is 28.7 Å². The van der Waals surface area contributed by atoms with Crippen LogP contribution in [0.4, 0.5) is 4.79 Å². The topological polar surface area (TPSA) is 116 Å². The average molecular weight is 533 g/mol. The van der Waals surface area contributed by atoms with Crippen LogP contribution in [0.2, 0.25) is 0 Å². The summed E-state index contributed by atoms with van der Waals surface area (Å²) in [5.41, 5.74) is 2.19. The highest BCUT2D eigenvalue weighted by molar-refractivity contribution is 8.99. The van der Waals surface area contributed by atoms with Gasteiger partial charge in [-0.2, -0.15) is 0 Å². The Hall–Kier alpha value is -2.98. The van der Waals surface area contributed by atoms with Gasteiger partial charge in [0.15, 0.2) is 0 Å². The molecular formula is C26H36N4O4S2. The molecule has 0 fully saturated rings. The van der Waals surface area contributed by atoms with Crippen molar-refractivity contribution in [1.29, 1.82) is 0 Å². The van der Waals surface area contributed by atoms with Crippen molar-refractivity contribution in [2.24, 2.45) is 0 Å². The van der Waals surface area contributed by atoms with Crippen LogP contribution in [-0.2, 0) is 27.2 Å². The number of nitrogens with one attached hydrogen (secondary N) is 4. The van der Waals surface area contributed by atoms with Crippen LogP contribution in [-0.4, -0.2) is 53.6 Å². The van der Waals surface area contributed by atoms with Gasteiger partial charge in [0.1, 0.15) is 6.04 Å². The Morgan fingerprint density at radius 3 is 1.81 bits per heavy atom. The first-order chi connectivity index (χ1) is 17.3. The molecule has 0 saturated carbocycles. The Kier molecular flexibility index (Phi) is 12.4. The molecule has 2 aromatic carbocycles. The smallest absolute Gasteiger partial charge is 0.287 e. The van der Waals surface area contributed by atoms with Gasteiger partial charge in [-0.05, 0) is 33.2 Å². The number of carbonyl (C=O) groups excluding carboxylic acids is 4. The van der Waals surface area contributed by atoms with Gasteiger partial charge in [0.05, 0.1) is 0 Å². The third-order valence-corrected chi connectivity index (χ3v) is 11.3. The zero-order valence-electron chi connectivity index (χ0n) is 21.0. The van der Waals surface area contributed by atoms with E-state index in [9.17, 15) is 19.2 Å². The highest BCUT2D eigenvalue weighted by Gasteiger charge is 2.34. The van der Waals surface area contributed by atoms with E-state index in [4.69, 9.17) is 0 Å². The molecule has 0 saturated heterocycles. The van der Waals surface area contributed by atoms with Crippen molar-refractivity contribution in [3.8, 4) is 0 Å². The monoisotopic (exact) mass is 532 g/mol. The largest absolute Gasteiger partial charge is 0.354 e. The Labute approximate surface area is 218 Å². The van der Waals surface area contributed by atoms with Gasteiger partial charge in [-0.1, -0.05) is 78.4 Å². The number of amides is 4. The molecule has 0 aromatic heterocycles. The highest BCUT2D eigenvalue weighted by atomic mass is 33.2. The van der Waals surface area contributed by atoms with Crippen molar-refractivity contribution in [3.63, 3.8) is 0 Å². The normalized spacial score (nSPS) is 14.0. The Balaban J connectivity index is 2.02. The van der Waals surface area contributed by atoms with Crippen LogP contribution in [0, 0.1) is 0 Å². The molecule has 2 unspecified atom stereocenters. The summed E-state index contributed by atoms with van der Waals surface area (Å²) in [6, 6.07) is 18.7. The Morgan fingerprint density at radius 2 is 1.33 bits per heavy atom. The summed E-state index contributed by atoms with van der Waals surface area (Å²) >= 11 is 0. The summed E-state index contributed by atoms with van der Waals surface area (Å²) in [4.78, 5) is 49.9. The maximum Gasteiger partial charge on any atom is 0.287 e. The van der Waals surface area contributed by atoms with Crippen LogP contribution in [0.25, 0.3) is 0 Å². The van der Waals surface area contributed by atoms with Crippen LogP contribution in [0.15, 0.2) is 60.7 Å². The molecule has 0 spiro atoms. The van der Waals surface area contributed by atoms with Gasteiger partial charge in [-0.25, -0.2) is 0 Å². The van der Waals surface area contributed by atoms with Gasteiger partial charge >= 0.3 is 0 Å². The van der Waals surface area contributed by atoms with Crippen molar-refractivity contribution in [2.75, 3.05) is 24.6 Å². The number of hydrogen-bond donors (Lipinski definition) is 4. The van der Waals surface area contributed by atoms with Crippen LogP contribution in [0.5, 0.6) is 0 Å². The second-order valence-corrected chi connectivity index (χ2v) is 13.6. The quantitative estimate of drug-likeness (QED) is 0.313. The lowest BCUT2D eigenvalue weighted by molar-refractivity contribution is -0.127. The summed E-state index contributed by atoms with van der Waals surface area (Å²) in [5.74, 6) is -0.461. The first kappa shape index (κ1) is 29.3. The van der Waals surface area contributed by atoms with Crippen molar-refractivity contribution in [2.45, 2.75) is 39.7 Å². The maximum absolute atomic E-state index is 13.3. The third-order valence-electron chi connectivity index (χ3n) is 5.23. The Morgan fingerprint density at radius 1 is 0.806 bits per heavy atom. The molecule has 2 rings (SSSR count). The standard InChI is InChI=1S/C26H36N4O4S2/c1-4-36(30-21(3)32,26(34)28-18-16-23-13-9-6-10-14-23)35-19-24(29-20(2)31)25(33)27-17-15-22-11-7-5-8-12-22/h5-14,24H,4,15-19H2,1-3H3,(H,27,33)(H,28,34)(H,29,31)(H,30,32). The molecule has 8 nitrogen and oxygen atoms in total. The maximum atomic E-state index is 13.3. The van der Waals surface area contributed by atoms with E-state index in [1.54, 1.807) is 0 Å². The molecule has 0 aliphatic carbocycles. The minimum absolute atomic E-state index is 0.145. The van der Waals surface area contributed by atoms with Gasteiger partial charge < -0.3 is 20.7 Å². The van der Waals surface area contributed by atoms with Crippen molar-refractivity contribution in [1.82, 2.24) is 20.7 Å². The fourth-order valence-corrected chi connectivity index (χ4v) is 8.30. The van der Waals surface area contributed by atoms with Gasteiger partial charge in [0.2, 0.25) is 17.7 Å². The number of rotatable bonds is 12. The molecule has 0 bridgehead atoms. The molecular weight excluding hydrogens is 496 g/mol. The van der Waals surface area contributed by atoms with Crippen molar-refractivity contribution >= 4 is 43.0 Å². The molecule has 0 heterocycles. The second-order valence-electron chi connectivity index (χ2n) is 8.14. The first-order valence-electron chi connectivity index (χ1n) is 11.9. The van der Waals surface area contributed by atoms with Crippen molar-refractivity contribution in [3.05, 3.63) is 71.8 Å². The van der Waals surface area contributed by atoms with E-state index >= 15 is 0 Å². The lowest BCUT2D eigenvalue weighted by Gasteiger charge is -2.37. The first-order valence-corrected chi connectivity index (χ1v) is 15.2. The molecule has 2 aromatic rings. The van der Waals surface area contributed by atoms with Gasteiger partial charge in [0, 0.05) is 38.4 Å².